The molecule has 0 radical (unpaired) electrons. The van der Waals surface area contributed by atoms with Crippen molar-refractivity contribution in [1.29, 1.82) is 0 Å². The van der Waals surface area contributed by atoms with Gasteiger partial charge in [-0.25, -0.2) is 4.79 Å². The molecular formula is C14H21Br2NO3. The summed E-state index contributed by atoms with van der Waals surface area (Å²) in [6, 6.07) is 0. The maximum absolute atomic E-state index is 11.9. The van der Waals surface area contributed by atoms with Crippen LogP contribution < -0.4 is 0 Å². The number of hydrogen-bond acceptors (Lipinski definition) is 3. The highest BCUT2D eigenvalue weighted by atomic mass is 79.9. The molecule has 4 nitrogen and oxygen atoms in total. The van der Waals surface area contributed by atoms with Crippen molar-refractivity contribution in [1.82, 2.24) is 4.90 Å². The molecule has 0 aromatic rings. The minimum Gasteiger partial charge on any atom is -0.498 e. The molecule has 0 unspecified atom stereocenters. The lowest BCUT2D eigenvalue weighted by molar-refractivity contribution is 0.00777. The van der Waals surface area contributed by atoms with Gasteiger partial charge in [-0.1, -0.05) is 0 Å². The number of allylic oxidation sites excluding steroid dienone is 2. The van der Waals surface area contributed by atoms with E-state index in [0.717, 1.165) is 16.2 Å². The Bertz CT molecular complexity index is 376. The third kappa shape index (κ3) is 7.33. The van der Waals surface area contributed by atoms with E-state index in [4.69, 9.17) is 9.47 Å². The molecule has 20 heavy (non-hydrogen) atoms. The molecule has 0 aromatic heterocycles. The van der Waals surface area contributed by atoms with E-state index in [2.05, 4.69) is 31.9 Å². The van der Waals surface area contributed by atoms with Gasteiger partial charge >= 0.3 is 6.09 Å². The summed E-state index contributed by atoms with van der Waals surface area (Å²) in [6.07, 6.45) is 6.90. The Morgan fingerprint density at radius 2 is 1.85 bits per heavy atom. The van der Waals surface area contributed by atoms with Gasteiger partial charge in [-0.05, 0) is 64.8 Å². The summed E-state index contributed by atoms with van der Waals surface area (Å²) < 4.78 is 11.8. The van der Waals surface area contributed by atoms with Crippen LogP contribution in [0.25, 0.3) is 0 Å². The maximum Gasteiger partial charge on any atom is 0.410 e. The molecule has 0 aromatic carbocycles. The summed E-state index contributed by atoms with van der Waals surface area (Å²) in [7, 11) is 0. The van der Waals surface area contributed by atoms with Crippen molar-refractivity contribution in [3.8, 4) is 0 Å². The fraction of sp³-hybridized carbons (Fsp3) is 0.643. The second-order valence-electron chi connectivity index (χ2n) is 5.59. The Kier molecular flexibility index (Phi) is 7.09. The molecular weight excluding hydrogens is 390 g/mol. The molecule has 0 atom stereocenters. The minimum absolute atomic E-state index is 0.160. The van der Waals surface area contributed by atoms with Crippen molar-refractivity contribution >= 4 is 38.0 Å². The van der Waals surface area contributed by atoms with Crippen LogP contribution in [0.2, 0.25) is 0 Å². The van der Waals surface area contributed by atoms with Gasteiger partial charge in [-0.3, -0.25) is 0 Å². The van der Waals surface area contributed by atoms with E-state index in [1.54, 1.807) is 11.2 Å². The highest BCUT2D eigenvalue weighted by Gasteiger charge is 2.26. The Morgan fingerprint density at radius 3 is 2.35 bits per heavy atom. The molecule has 0 saturated carbocycles. The lowest BCUT2D eigenvalue weighted by atomic mass is 10.1. The third-order valence-corrected chi connectivity index (χ3v) is 3.19. The van der Waals surface area contributed by atoms with Crippen LogP contribution in [0.15, 0.2) is 21.8 Å². The van der Waals surface area contributed by atoms with Crippen LogP contribution in [0.5, 0.6) is 0 Å². The quantitative estimate of drug-likeness (QED) is 0.506. The predicted molar refractivity (Wildman–Crippen MR) is 87.0 cm³/mol. The molecule has 0 bridgehead atoms. The molecule has 1 fully saturated rings. The van der Waals surface area contributed by atoms with Crippen LogP contribution >= 0.6 is 31.9 Å². The first kappa shape index (κ1) is 17.6. The molecule has 0 spiro atoms. The zero-order valence-corrected chi connectivity index (χ0v) is 15.2. The molecule has 1 amide bonds. The number of likely N-dealkylation sites (tertiary alicyclic amines) is 1. The van der Waals surface area contributed by atoms with Gasteiger partial charge in [0, 0.05) is 25.9 Å². The molecule has 6 heteroatoms. The summed E-state index contributed by atoms with van der Waals surface area (Å²) in [5, 5.41) is 0. The van der Waals surface area contributed by atoms with Crippen LogP contribution in [0, 0.1) is 0 Å². The van der Waals surface area contributed by atoms with Gasteiger partial charge in [0.1, 0.15) is 11.7 Å². The highest BCUT2D eigenvalue weighted by Crippen LogP contribution is 2.18. The Labute approximate surface area is 137 Å². The normalized spacial score (nSPS) is 17.1. The lowest BCUT2D eigenvalue weighted by Crippen LogP contribution is -2.43. The highest BCUT2D eigenvalue weighted by molar-refractivity contribution is 9.28. The monoisotopic (exact) mass is 409 g/mol. The van der Waals surface area contributed by atoms with E-state index in [-0.39, 0.29) is 12.2 Å². The first-order valence-corrected chi connectivity index (χ1v) is 8.18. The Balaban J connectivity index is 2.31. The van der Waals surface area contributed by atoms with Gasteiger partial charge in [0.2, 0.25) is 0 Å². The average molecular weight is 411 g/mol. The van der Waals surface area contributed by atoms with Crippen LogP contribution in [0.4, 0.5) is 4.79 Å². The number of rotatable bonds is 3. The average Bonchev–Trinajstić information content (AvgIpc) is 2.33. The number of carbonyl (C=O) groups excluding carboxylic acids is 1. The van der Waals surface area contributed by atoms with Gasteiger partial charge in [0.25, 0.3) is 0 Å². The molecule has 1 heterocycles. The molecule has 1 saturated heterocycles. The molecule has 0 N–H and O–H groups in total. The number of amides is 1. The number of carbonyl (C=O) groups is 1. The van der Waals surface area contributed by atoms with E-state index in [1.165, 1.54) is 0 Å². The van der Waals surface area contributed by atoms with E-state index in [1.807, 2.05) is 32.9 Å². The molecule has 1 aliphatic rings. The zero-order chi connectivity index (χ0) is 15.2. The lowest BCUT2D eigenvalue weighted by Gasteiger charge is -2.33. The van der Waals surface area contributed by atoms with Gasteiger partial charge in [-0.15, -0.1) is 0 Å². The first-order chi connectivity index (χ1) is 9.28. The Hall–Kier alpha value is -0.490. The van der Waals surface area contributed by atoms with Crippen LogP contribution in [-0.4, -0.2) is 35.8 Å². The fourth-order valence-corrected chi connectivity index (χ4v) is 2.07. The summed E-state index contributed by atoms with van der Waals surface area (Å²) in [5.74, 6) is 0. The molecule has 1 aliphatic heterocycles. The molecule has 114 valence electrons. The van der Waals surface area contributed by atoms with E-state index >= 15 is 0 Å². The van der Waals surface area contributed by atoms with Gasteiger partial charge in [-0.2, -0.15) is 0 Å². The minimum atomic E-state index is -0.442. The van der Waals surface area contributed by atoms with E-state index < -0.39 is 5.60 Å². The van der Waals surface area contributed by atoms with E-state index in [9.17, 15) is 4.79 Å². The zero-order valence-electron chi connectivity index (χ0n) is 12.1. The third-order valence-electron chi connectivity index (χ3n) is 2.67. The summed E-state index contributed by atoms with van der Waals surface area (Å²) in [6.45, 7) is 6.97. The Morgan fingerprint density at radius 1 is 1.25 bits per heavy atom. The van der Waals surface area contributed by atoms with Crippen molar-refractivity contribution in [2.45, 2.75) is 45.3 Å². The maximum atomic E-state index is 11.9. The SMILES string of the molecule is CC(C)(C)OC(=O)N1CCC(O/C=C/C=C(Br)Br)CC1. The molecule has 0 aliphatic carbocycles. The smallest absolute Gasteiger partial charge is 0.410 e. The van der Waals surface area contributed by atoms with Crippen molar-refractivity contribution in [2.75, 3.05) is 13.1 Å². The van der Waals surface area contributed by atoms with Gasteiger partial charge in [0.15, 0.2) is 0 Å². The van der Waals surface area contributed by atoms with Gasteiger partial charge < -0.3 is 14.4 Å². The first-order valence-electron chi connectivity index (χ1n) is 6.59. The number of ether oxygens (including phenoxy) is 2. The second kappa shape index (κ2) is 8.08. The van der Waals surface area contributed by atoms with Crippen molar-refractivity contribution in [3.63, 3.8) is 0 Å². The van der Waals surface area contributed by atoms with Gasteiger partial charge in [0.05, 0.1) is 9.65 Å². The fourth-order valence-electron chi connectivity index (χ4n) is 1.77. The van der Waals surface area contributed by atoms with Crippen LogP contribution in [0.1, 0.15) is 33.6 Å². The molecule has 1 rings (SSSR count). The standard InChI is InChI=1S/C14H21Br2NO3/c1-14(2,3)20-13(18)17-8-6-11(7-9-17)19-10-4-5-12(15)16/h4-5,10-11H,6-9H2,1-3H3/b10-4+. The van der Waals surface area contributed by atoms with Crippen molar-refractivity contribution < 1.29 is 14.3 Å². The van der Waals surface area contributed by atoms with Crippen LogP contribution in [0.3, 0.4) is 0 Å². The summed E-state index contributed by atoms with van der Waals surface area (Å²) in [4.78, 5) is 13.6. The van der Waals surface area contributed by atoms with Crippen LogP contribution in [-0.2, 0) is 9.47 Å². The van der Waals surface area contributed by atoms with E-state index in [0.29, 0.717) is 13.1 Å². The summed E-state index contributed by atoms with van der Waals surface area (Å²) in [5.41, 5.74) is -0.442. The topological polar surface area (TPSA) is 38.8 Å². The number of piperidine rings is 1. The number of nitrogens with zero attached hydrogens (tertiary/aromatic N) is 1. The largest absolute Gasteiger partial charge is 0.498 e. The second-order valence-corrected chi connectivity index (χ2v) is 8.36. The van der Waals surface area contributed by atoms with Crippen molar-refractivity contribution in [3.05, 3.63) is 21.8 Å². The summed E-state index contributed by atoms with van der Waals surface area (Å²) >= 11 is 6.52. The number of hydrogen-bond donors (Lipinski definition) is 0. The predicted octanol–water partition coefficient (Wildman–Crippen LogP) is 4.55. The van der Waals surface area contributed by atoms with Crippen molar-refractivity contribution in [2.24, 2.45) is 0 Å². The number of halogens is 2.